The topological polar surface area (TPSA) is 72.2 Å². The second-order valence-corrected chi connectivity index (χ2v) is 4.67. The molecule has 0 aliphatic heterocycles. The fourth-order valence-electron chi connectivity index (χ4n) is 1.85. The SMILES string of the molecule is O=C(NCc1ccc(CCl)cc1)c1ccccc1[N+](=O)[O-]. The third-order valence-electron chi connectivity index (χ3n) is 2.98. The maximum absolute atomic E-state index is 12.0. The van der Waals surface area contributed by atoms with E-state index in [-0.39, 0.29) is 11.3 Å². The first-order chi connectivity index (χ1) is 10.1. The Morgan fingerprint density at radius 3 is 2.33 bits per heavy atom. The van der Waals surface area contributed by atoms with Crippen LogP contribution in [0.25, 0.3) is 0 Å². The molecule has 0 radical (unpaired) electrons. The van der Waals surface area contributed by atoms with Gasteiger partial charge in [-0.05, 0) is 17.2 Å². The number of rotatable bonds is 5. The number of benzene rings is 2. The molecular weight excluding hydrogens is 292 g/mol. The number of nitro groups is 1. The standard InChI is InChI=1S/C15H13ClN2O3/c16-9-11-5-7-12(8-6-11)10-17-15(19)13-3-1-2-4-14(13)18(20)21/h1-8H,9-10H2,(H,17,19). The van der Waals surface area contributed by atoms with E-state index in [2.05, 4.69) is 5.32 Å². The highest BCUT2D eigenvalue weighted by molar-refractivity contribution is 6.17. The Labute approximate surface area is 126 Å². The van der Waals surface area contributed by atoms with Crippen molar-refractivity contribution in [3.8, 4) is 0 Å². The van der Waals surface area contributed by atoms with E-state index in [9.17, 15) is 14.9 Å². The van der Waals surface area contributed by atoms with Crippen LogP contribution >= 0.6 is 11.6 Å². The molecule has 0 unspecified atom stereocenters. The van der Waals surface area contributed by atoms with E-state index in [0.29, 0.717) is 12.4 Å². The monoisotopic (exact) mass is 304 g/mol. The number of amides is 1. The van der Waals surface area contributed by atoms with Gasteiger partial charge in [0.05, 0.1) is 4.92 Å². The zero-order chi connectivity index (χ0) is 15.2. The summed E-state index contributed by atoms with van der Waals surface area (Å²) in [6.45, 7) is 0.299. The number of nitrogens with zero attached hydrogens (tertiary/aromatic N) is 1. The van der Waals surface area contributed by atoms with Gasteiger partial charge in [-0.2, -0.15) is 0 Å². The number of para-hydroxylation sites is 1. The number of carbonyl (C=O) groups is 1. The molecule has 5 nitrogen and oxygen atoms in total. The van der Waals surface area contributed by atoms with Gasteiger partial charge in [-0.15, -0.1) is 11.6 Å². The van der Waals surface area contributed by atoms with Crippen LogP contribution in [0.2, 0.25) is 0 Å². The van der Waals surface area contributed by atoms with Crippen molar-refractivity contribution in [1.82, 2.24) is 5.32 Å². The number of halogens is 1. The summed E-state index contributed by atoms with van der Waals surface area (Å²) in [5.41, 5.74) is 1.74. The summed E-state index contributed by atoms with van der Waals surface area (Å²) in [4.78, 5) is 22.3. The number of hydrogen-bond donors (Lipinski definition) is 1. The van der Waals surface area contributed by atoms with E-state index in [1.807, 2.05) is 24.3 Å². The van der Waals surface area contributed by atoms with Crippen molar-refractivity contribution in [3.05, 3.63) is 75.3 Å². The van der Waals surface area contributed by atoms with Gasteiger partial charge in [0.1, 0.15) is 5.56 Å². The minimum Gasteiger partial charge on any atom is -0.348 e. The maximum atomic E-state index is 12.0. The number of carbonyl (C=O) groups excluding carboxylic acids is 1. The van der Waals surface area contributed by atoms with Crippen molar-refractivity contribution >= 4 is 23.2 Å². The predicted octanol–water partition coefficient (Wildman–Crippen LogP) is 3.26. The smallest absolute Gasteiger partial charge is 0.282 e. The molecule has 2 aromatic carbocycles. The second kappa shape index (κ2) is 6.85. The molecule has 108 valence electrons. The largest absolute Gasteiger partial charge is 0.348 e. The average Bonchev–Trinajstić information content (AvgIpc) is 2.53. The highest BCUT2D eigenvalue weighted by Gasteiger charge is 2.18. The van der Waals surface area contributed by atoms with Crippen LogP contribution in [0.15, 0.2) is 48.5 Å². The molecule has 0 bridgehead atoms. The normalized spacial score (nSPS) is 10.1. The Balaban J connectivity index is 2.06. The van der Waals surface area contributed by atoms with Gasteiger partial charge in [-0.25, -0.2) is 0 Å². The van der Waals surface area contributed by atoms with Crippen LogP contribution in [-0.2, 0) is 12.4 Å². The molecule has 0 aromatic heterocycles. The number of nitro benzene ring substituents is 1. The molecule has 0 saturated heterocycles. The number of nitrogens with one attached hydrogen (secondary N) is 1. The van der Waals surface area contributed by atoms with Crippen molar-refractivity contribution in [3.63, 3.8) is 0 Å². The van der Waals surface area contributed by atoms with Crippen LogP contribution in [-0.4, -0.2) is 10.8 Å². The zero-order valence-corrected chi connectivity index (χ0v) is 11.8. The van der Waals surface area contributed by atoms with Crippen molar-refractivity contribution < 1.29 is 9.72 Å². The van der Waals surface area contributed by atoms with Crippen molar-refractivity contribution in [2.75, 3.05) is 0 Å². The van der Waals surface area contributed by atoms with Crippen LogP contribution < -0.4 is 5.32 Å². The first kappa shape index (κ1) is 15.0. The molecule has 0 aliphatic carbocycles. The molecule has 0 saturated carbocycles. The lowest BCUT2D eigenvalue weighted by molar-refractivity contribution is -0.385. The molecule has 0 heterocycles. The summed E-state index contributed by atoms with van der Waals surface area (Å²) in [6.07, 6.45) is 0. The van der Waals surface area contributed by atoms with Gasteiger partial charge in [-0.1, -0.05) is 36.4 Å². The minimum atomic E-state index is -0.565. The Kier molecular flexibility index (Phi) is 4.90. The van der Waals surface area contributed by atoms with E-state index in [0.717, 1.165) is 11.1 Å². The van der Waals surface area contributed by atoms with E-state index in [1.54, 1.807) is 6.07 Å². The Bertz CT molecular complexity index is 656. The molecule has 0 spiro atoms. The van der Waals surface area contributed by atoms with Crippen LogP contribution in [0.1, 0.15) is 21.5 Å². The Hall–Kier alpha value is -2.40. The molecule has 21 heavy (non-hydrogen) atoms. The summed E-state index contributed by atoms with van der Waals surface area (Å²) in [7, 11) is 0. The molecule has 1 amide bonds. The van der Waals surface area contributed by atoms with Crippen LogP contribution in [0, 0.1) is 10.1 Å². The van der Waals surface area contributed by atoms with Crippen LogP contribution in [0.4, 0.5) is 5.69 Å². The molecule has 0 atom stereocenters. The van der Waals surface area contributed by atoms with Gasteiger partial charge < -0.3 is 5.32 Å². The summed E-state index contributed by atoms with van der Waals surface area (Å²) in [5.74, 6) is -0.0354. The molecule has 0 fully saturated rings. The quantitative estimate of drug-likeness (QED) is 0.523. The lowest BCUT2D eigenvalue weighted by atomic mass is 10.1. The molecule has 2 aromatic rings. The second-order valence-electron chi connectivity index (χ2n) is 4.41. The van der Waals surface area contributed by atoms with Gasteiger partial charge in [0.2, 0.25) is 0 Å². The molecule has 6 heteroatoms. The van der Waals surface area contributed by atoms with E-state index >= 15 is 0 Å². The van der Waals surface area contributed by atoms with Crippen LogP contribution in [0.3, 0.4) is 0 Å². The first-order valence-electron chi connectivity index (χ1n) is 6.27. The van der Waals surface area contributed by atoms with Crippen molar-refractivity contribution in [1.29, 1.82) is 0 Å². The maximum Gasteiger partial charge on any atom is 0.282 e. The lowest BCUT2D eigenvalue weighted by Crippen LogP contribution is -2.23. The van der Waals surface area contributed by atoms with Crippen molar-refractivity contribution in [2.45, 2.75) is 12.4 Å². The van der Waals surface area contributed by atoms with Gasteiger partial charge >= 0.3 is 0 Å². The summed E-state index contributed by atoms with van der Waals surface area (Å²) in [5, 5.41) is 13.6. The number of alkyl halides is 1. The average molecular weight is 305 g/mol. The lowest BCUT2D eigenvalue weighted by Gasteiger charge is -2.06. The number of hydrogen-bond acceptors (Lipinski definition) is 3. The van der Waals surface area contributed by atoms with Gasteiger partial charge in [0.25, 0.3) is 11.6 Å². The summed E-state index contributed by atoms with van der Waals surface area (Å²) < 4.78 is 0. The fourth-order valence-corrected chi connectivity index (χ4v) is 2.03. The molecule has 2 rings (SSSR count). The minimum absolute atomic E-state index is 0.0554. The summed E-state index contributed by atoms with van der Waals surface area (Å²) in [6, 6.07) is 13.3. The summed E-state index contributed by atoms with van der Waals surface area (Å²) >= 11 is 5.70. The highest BCUT2D eigenvalue weighted by Crippen LogP contribution is 2.17. The van der Waals surface area contributed by atoms with E-state index in [1.165, 1.54) is 18.2 Å². The zero-order valence-electron chi connectivity index (χ0n) is 11.1. The third kappa shape index (κ3) is 3.79. The predicted molar refractivity (Wildman–Crippen MR) is 80.3 cm³/mol. The Morgan fingerprint density at radius 1 is 1.10 bits per heavy atom. The molecule has 1 N–H and O–H groups in total. The third-order valence-corrected chi connectivity index (χ3v) is 3.28. The fraction of sp³-hybridized carbons (Fsp3) is 0.133. The van der Waals surface area contributed by atoms with E-state index in [4.69, 9.17) is 11.6 Å². The van der Waals surface area contributed by atoms with Gasteiger partial charge in [-0.3, -0.25) is 14.9 Å². The Morgan fingerprint density at radius 2 is 1.71 bits per heavy atom. The first-order valence-corrected chi connectivity index (χ1v) is 6.80. The molecular formula is C15H13ClN2O3. The van der Waals surface area contributed by atoms with Gasteiger partial charge in [0.15, 0.2) is 0 Å². The molecule has 0 aliphatic rings. The van der Waals surface area contributed by atoms with Crippen molar-refractivity contribution in [2.24, 2.45) is 0 Å². The van der Waals surface area contributed by atoms with Gasteiger partial charge in [0, 0.05) is 18.5 Å². The highest BCUT2D eigenvalue weighted by atomic mass is 35.5. The van der Waals surface area contributed by atoms with Crippen LogP contribution in [0.5, 0.6) is 0 Å². The van der Waals surface area contributed by atoms with E-state index < -0.39 is 10.8 Å².